The summed E-state index contributed by atoms with van der Waals surface area (Å²) in [5.74, 6) is -1.36. The van der Waals surface area contributed by atoms with E-state index >= 15 is 0 Å². The number of rotatable bonds is 4. The van der Waals surface area contributed by atoms with E-state index in [0.29, 0.717) is 0 Å². The van der Waals surface area contributed by atoms with Crippen molar-refractivity contribution in [2.75, 3.05) is 20.6 Å². The van der Waals surface area contributed by atoms with Gasteiger partial charge in [-0.15, -0.1) is 0 Å². The van der Waals surface area contributed by atoms with Crippen molar-refractivity contribution < 1.29 is 14.7 Å². The molecule has 0 spiro atoms. The van der Waals surface area contributed by atoms with Crippen LogP contribution in [0.1, 0.15) is 20.8 Å². The van der Waals surface area contributed by atoms with Crippen LogP contribution in [0.15, 0.2) is 0 Å². The third-order valence-corrected chi connectivity index (χ3v) is 2.74. The number of aliphatic carboxylic acids is 1. The number of carbonyl (C=O) groups excluding carboxylic acids is 1. The summed E-state index contributed by atoms with van der Waals surface area (Å²) in [4.78, 5) is 25.4. The Kier molecular flexibility index (Phi) is 4.95. The summed E-state index contributed by atoms with van der Waals surface area (Å²) in [6, 6.07) is 1.61. The van der Waals surface area contributed by atoms with Crippen molar-refractivity contribution in [1.29, 1.82) is 5.26 Å². The Hall–Kier alpha value is -1.77. The molecule has 1 unspecified atom stereocenters. The molecule has 0 aliphatic rings. The van der Waals surface area contributed by atoms with Crippen molar-refractivity contribution in [2.45, 2.75) is 26.3 Å². The van der Waals surface area contributed by atoms with Gasteiger partial charge in [0.15, 0.2) is 0 Å². The maximum atomic E-state index is 11.9. The van der Waals surface area contributed by atoms with E-state index in [2.05, 4.69) is 0 Å². The molecule has 0 aliphatic carbocycles. The number of nitriles is 1. The summed E-state index contributed by atoms with van der Waals surface area (Å²) in [5.41, 5.74) is -1.28. The van der Waals surface area contributed by atoms with Crippen molar-refractivity contribution in [2.24, 2.45) is 5.92 Å². The van der Waals surface area contributed by atoms with E-state index in [1.807, 2.05) is 6.07 Å². The summed E-state index contributed by atoms with van der Waals surface area (Å²) in [6.07, 6.45) is 0. The highest BCUT2D eigenvalue weighted by Gasteiger charge is 2.36. The molecule has 1 N–H and O–H groups in total. The van der Waals surface area contributed by atoms with E-state index in [1.165, 1.54) is 25.8 Å². The van der Waals surface area contributed by atoms with Crippen LogP contribution in [-0.2, 0) is 4.79 Å². The lowest BCUT2D eigenvalue weighted by molar-refractivity contribution is -0.147. The van der Waals surface area contributed by atoms with E-state index < -0.39 is 17.5 Å². The highest BCUT2D eigenvalue weighted by atomic mass is 16.4. The predicted octanol–water partition coefficient (Wildman–Crippen LogP) is 0.993. The van der Waals surface area contributed by atoms with Crippen LogP contribution >= 0.6 is 0 Å². The van der Waals surface area contributed by atoms with Gasteiger partial charge in [-0.2, -0.15) is 5.26 Å². The molecule has 0 aromatic heterocycles. The van der Waals surface area contributed by atoms with Gasteiger partial charge in [0.1, 0.15) is 5.54 Å². The molecule has 2 amide bonds. The second kappa shape index (κ2) is 5.53. The van der Waals surface area contributed by atoms with Crippen LogP contribution in [0, 0.1) is 17.2 Å². The standard InChI is InChI=1S/C11H19N3O3/c1-8(6-12)7-13(4)10(17)14(5)11(2,3)9(15)16/h8H,7H2,1-5H3,(H,15,16). The minimum Gasteiger partial charge on any atom is -0.480 e. The number of carboxylic acid groups (broad SMARTS) is 1. The Bertz CT molecular complexity index is 346. The molecule has 0 saturated carbocycles. The molecule has 0 aromatic rings. The Balaban J connectivity index is 4.72. The number of hydrogen-bond acceptors (Lipinski definition) is 3. The zero-order valence-corrected chi connectivity index (χ0v) is 10.9. The lowest BCUT2D eigenvalue weighted by Gasteiger charge is -2.34. The van der Waals surface area contributed by atoms with Gasteiger partial charge in [-0.05, 0) is 20.8 Å². The average molecular weight is 241 g/mol. The first kappa shape index (κ1) is 15.2. The molecule has 0 aromatic carbocycles. The van der Waals surface area contributed by atoms with E-state index in [0.717, 1.165) is 4.90 Å². The Morgan fingerprint density at radius 2 is 1.88 bits per heavy atom. The van der Waals surface area contributed by atoms with Gasteiger partial charge in [0.05, 0.1) is 12.0 Å². The van der Waals surface area contributed by atoms with Gasteiger partial charge in [0.25, 0.3) is 0 Å². The smallest absolute Gasteiger partial charge is 0.329 e. The molecule has 6 heteroatoms. The summed E-state index contributed by atoms with van der Waals surface area (Å²) >= 11 is 0. The fourth-order valence-corrected chi connectivity index (χ4v) is 1.17. The second-order valence-electron chi connectivity index (χ2n) is 4.62. The third kappa shape index (κ3) is 3.63. The lowest BCUT2D eigenvalue weighted by atomic mass is 10.0. The van der Waals surface area contributed by atoms with Crippen LogP contribution < -0.4 is 0 Å². The topological polar surface area (TPSA) is 84.6 Å². The van der Waals surface area contributed by atoms with Gasteiger partial charge < -0.3 is 14.9 Å². The molecule has 0 radical (unpaired) electrons. The third-order valence-electron chi connectivity index (χ3n) is 2.74. The van der Waals surface area contributed by atoms with Crippen LogP contribution in [0.5, 0.6) is 0 Å². The van der Waals surface area contributed by atoms with Crippen LogP contribution in [0.3, 0.4) is 0 Å². The molecular weight excluding hydrogens is 222 g/mol. The molecular formula is C11H19N3O3. The molecule has 96 valence electrons. The Morgan fingerprint density at radius 1 is 1.41 bits per heavy atom. The van der Waals surface area contributed by atoms with Crippen LogP contribution in [0.4, 0.5) is 4.79 Å². The van der Waals surface area contributed by atoms with E-state index in [1.54, 1.807) is 14.0 Å². The first-order valence-corrected chi connectivity index (χ1v) is 5.26. The minimum atomic E-state index is -1.28. The fraction of sp³-hybridized carbons (Fsp3) is 0.727. The van der Waals surface area contributed by atoms with Crippen molar-refractivity contribution in [1.82, 2.24) is 9.80 Å². The highest BCUT2D eigenvalue weighted by Crippen LogP contribution is 2.14. The quantitative estimate of drug-likeness (QED) is 0.795. The number of urea groups is 1. The van der Waals surface area contributed by atoms with Crippen LogP contribution in [0.2, 0.25) is 0 Å². The lowest BCUT2D eigenvalue weighted by Crippen LogP contribution is -2.54. The maximum absolute atomic E-state index is 11.9. The van der Waals surface area contributed by atoms with Crippen molar-refractivity contribution in [3.63, 3.8) is 0 Å². The van der Waals surface area contributed by atoms with Gasteiger partial charge in [0, 0.05) is 20.6 Å². The summed E-state index contributed by atoms with van der Waals surface area (Å²) in [7, 11) is 2.98. The summed E-state index contributed by atoms with van der Waals surface area (Å²) < 4.78 is 0. The number of hydrogen-bond donors (Lipinski definition) is 1. The molecule has 0 fully saturated rings. The monoisotopic (exact) mass is 241 g/mol. The molecule has 0 saturated heterocycles. The molecule has 0 bridgehead atoms. The minimum absolute atomic E-state index is 0.273. The maximum Gasteiger partial charge on any atom is 0.329 e. The normalized spacial score (nSPS) is 12.5. The van der Waals surface area contributed by atoms with Crippen molar-refractivity contribution >= 4 is 12.0 Å². The Labute approximate surface area is 101 Å². The average Bonchev–Trinajstić information content (AvgIpc) is 2.26. The molecule has 17 heavy (non-hydrogen) atoms. The summed E-state index contributed by atoms with van der Waals surface area (Å²) in [6.45, 7) is 4.88. The number of nitrogens with zero attached hydrogens (tertiary/aromatic N) is 3. The zero-order chi connectivity index (χ0) is 13.8. The molecule has 6 nitrogen and oxygen atoms in total. The SMILES string of the molecule is CC(C#N)CN(C)C(=O)N(C)C(C)(C)C(=O)O. The van der Waals surface area contributed by atoms with E-state index in [-0.39, 0.29) is 12.5 Å². The van der Waals surface area contributed by atoms with E-state index in [9.17, 15) is 9.59 Å². The highest BCUT2D eigenvalue weighted by molar-refractivity contribution is 5.85. The van der Waals surface area contributed by atoms with Crippen molar-refractivity contribution in [3.8, 4) is 6.07 Å². The fourth-order valence-electron chi connectivity index (χ4n) is 1.17. The first-order valence-electron chi connectivity index (χ1n) is 5.26. The van der Waals surface area contributed by atoms with Gasteiger partial charge in [0.2, 0.25) is 0 Å². The predicted molar refractivity (Wildman–Crippen MR) is 62.3 cm³/mol. The first-order chi connectivity index (χ1) is 7.64. The molecule has 1 atom stereocenters. The summed E-state index contributed by atoms with van der Waals surface area (Å²) in [5, 5.41) is 17.7. The van der Waals surface area contributed by atoms with Gasteiger partial charge in [-0.3, -0.25) is 0 Å². The number of carboxylic acids is 1. The van der Waals surface area contributed by atoms with Crippen molar-refractivity contribution in [3.05, 3.63) is 0 Å². The van der Waals surface area contributed by atoms with Gasteiger partial charge in [-0.1, -0.05) is 0 Å². The number of amides is 2. The molecule has 0 rings (SSSR count). The largest absolute Gasteiger partial charge is 0.480 e. The number of likely N-dealkylation sites (N-methyl/N-ethyl adjacent to an activating group) is 1. The van der Waals surface area contributed by atoms with Crippen LogP contribution in [-0.4, -0.2) is 53.1 Å². The zero-order valence-electron chi connectivity index (χ0n) is 10.9. The van der Waals surface area contributed by atoms with Gasteiger partial charge >= 0.3 is 12.0 Å². The Morgan fingerprint density at radius 3 is 2.24 bits per heavy atom. The molecule has 0 heterocycles. The number of carbonyl (C=O) groups is 2. The van der Waals surface area contributed by atoms with Crippen LogP contribution in [0.25, 0.3) is 0 Å². The van der Waals surface area contributed by atoms with Gasteiger partial charge in [-0.25, -0.2) is 9.59 Å². The van der Waals surface area contributed by atoms with E-state index in [4.69, 9.17) is 10.4 Å². The second-order valence-corrected chi connectivity index (χ2v) is 4.62. The molecule has 0 aliphatic heterocycles.